The van der Waals surface area contributed by atoms with Crippen molar-refractivity contribution >= 4 is 22.2 Å². The number of hydrogen-bond donors (Lipinski definition) is 0. The Hall–Kier alpha value is -1.54. The Balaban J connectivity index is 3.10. The number of nitrogens with zero attached hydrogens (tertiary/aromatic N) is 1. The summed E-state index contributed by atoms with van der Waals surface area (Å²) >= 11 is 3.21. The van der Waals surface area contributed by atoms with Crippen LogP contribution in [0.1, 0.15) is 10.4 Å². The molecule has 15 heavy (non-hydrogen) atoms. The number of rotatable bonds is 4. The van der Waals surface area contributed by atoms with E-state index in [1.165, 1.54) is 7.11 Å². The first-order valence-corrected chi connectivity index (χ1v) is 4.84. The van der Waals surface area contributed by atoms with Gasteiger partial charge >= 0.3 is 0 Å². The Bertz CT molecular complexity index is 412. The van der Waals surface area contributed by atoms with Crippen molar-refractivity contribution in [2.75, 3.05) is 13.7 Å². The highest BCUT2D eigenvalue weighted by Crippen LogP contribution is 2.32. The van der Waals surface area contributed by atoms with E-state index in [0.29, 0.717) is 27.8 Å². The summed E-state index contributed by atoms with van der Waals surface area (Å²) in [6, 6.07) is 5.00. The number of carbonyl (C=O) groups is 1. The van der Waals surface area contributed by atoms with Crippen LogP contribution in [0.5, 0.6) is 11.5 Å². The second-order valence-electron chi connectivity index (χ2n) is 2.59. The lowest BCUT2D eigenvalue weighted by Crippen LogP contribution is -1.98. The van der Waals surface area contributed by atoms with E-state index in [9.17, 15) is 4.79 Å². The number of hydrogen-bond acceptors (Lipinski definition) is 4. The normalized spacial score (nSPS) is 9.13. The fourth-order valence-electron chi connectivity index (χ4n) is 1.02. The average Bonchev–Trinajstić information content (AvgIpc) is 2.26. The average molecular weight is 270 g/mol. The Morgan fingerprint density at radius 1 is 1.53 bits per heavy atom. The smallest absolute Gasteiger partial charge is 0.174 e. The predicted octanol–water partition coefficient (Wildman–Crippen LogP) is 2.17. The van der Waals surface area contributed by atoms with Crippen LogP contribution in [0.2, 0.25) is 0 Å². The van der Waals surface area contributed by atoms with Crippen LogP contribution in [0.4, 0.5) is 0 Å². The molecular weight excluding hydrogens is 262 g/mol. The fourth-order valence-corrected chi connectivity index (χ4v) is 1.44. The lowest BCUT2D eigenvalue weighted by molar-refractivity contribution is 0.112. The zero-order chi connectivity index (χ0) is 11.3. The molecule has 0 unspecified atom stereocenters. The molecule has 0 atom stereocenters. The van der Waals surface area contributed by atoms with Crippen LogP contribution in [0.3, 0.4) is 0 Å². The van der Waals surface area contributed by atoms with Crippen LogP contribution in [-0.2, 0) is 0 Å². The molecule has 0 heterocycles. The number of aldehydes is 1. The van der Waals surface area contributed by atoms with Crippen molar-refractivity contribution in [3.63, 3.8) is 0 Å². The lowest BCUT2D eigenvalue weighted by Gasteiger charge is -2.09. The highest BCUT2D eigenvalue weighted by atomic mass is 79.9. The molecular formula is C10H8BrNO3. The predicted molar refractivity (Wildman–Crippen MR) is 57.2 cm³/mol. The number of nitriles is 1. The summed E-state index contributed by atoms with van der Waals surface area (Å²) in [6.07, 6.45) is 0.709. The van der Waals surface area contributed by atoms with Gasteiger partial charge in [0.2, 0.25) is 0 Å². The van der Waals surface area contributed by atoms with Crippen LogP contribution in [0.25, 0.3) is 0 Å². The molecule has 0 spiro atoms. The zero-order valence-electron chi connectivity index (χ0n) is 7.99. The van der Waals surface area contributed by atoms with Crippen LogP contribution in [0, 0.1) is 11.3 Å². The van der Waals surface area contributed by atoms with Gasteiger partial charge < -0.3 is 9.47 Å². The summed E-state index contributed by atoms with van der Waals surface area (Å²) in [5.74, 6) is 0.854. The molecule has 0 amide bonds. The van der Waals surface area contributed by atoms with E-state index in [1.807, 2.05) is 6.07 Å². The van der Waals surface area contributed by atoms with E-state index in [4.69, 9.17) is 14.7 Å². The molecule has 0 aliphatic rings. The summed E-state index contributed by atoms with van der Waals surface area (Å²) in [5, 5.41) is 8.38. The van der Waals surface area contributed by atoms with Crippen molar-refractivity contribution < 1.29 is 14.3 Å². The zero-order valence-corrected chi connectivity index (χ0v) is 9.58. The van der Waals surface area contributed by atoms with Crippen molar-refractivity contribution in [3.8, 4) is 17.6 Å². The van der Waals surface area contributed by atoms with Gasteiger partial charge in [-0.25, -0.2) is 0 Å². The molecule has 0 aromatic heterocycles. The lowest BCUT2D eigenvalue weighted by atomic mass is 10.2. The van der Waals surface area contributed by atoms with Gasteiger partial charge in [-0.15, -0.1) is 0 Å². The summed E-state index contributed by atoms with van der Waals surface area (Å²) in [4.78, 5) is 10.6. The largest absolute Gasteiger partial charge is 0.493 e. The maximum absolute atomic E-state index is 10.6. The van der Waals surface area contributed by atoms with Gasteiger partial charge in [-0.05, 0) is 28.1 Å². The molecule has 5 heteroatoms. The van der Waals surface area contributed by atoms with Gasteiger partial charge in [0, 0.05) is 10.0 Å². The van der Waals surface area contributed by atoms with Gasteiger partial charge in [0.15, 0.2) is 24.4 Å². The van der Waals surface area contributed by atoms with Gasteiger partial charge in [0.25, 0.3) is 0 Å². The van der Waals surface area contributed by atoms with Gasteiger partial charge in [0.1, 0.15) is 6.07 Å². The topological polar surface area (TPSA) is 59.3 Å². The van der Waals surface area contributed by atoms with Crippen LogP contribution in [-0.4, -0.2) is 20.0 Å². The van der Waals surface area contributed by atoms with Crippen molar-refractivity contribution in [1.82, 2.24) is 0 Å². The first kappa shape index (κ1) is 11.5. The first-order chi connectivity index (χ1) is 7.22. The van der Waals surface area contributed by atoms with Crippen molar-refractivity contribution in [2.45, 2.75) is 0 Å². The maximum Gasteiger partial charge on any atom is 0.174 e. The van der Waals surface area contributed by atoms with E-state index in [0.717, 1.165) is 0 Å². The number of methoxy groups -OCH3 is 1. The van der Waals surface area contributed by atoms with E-state index < -0.39 is 0 Å². The molecule has 1 rings (SSSR count). The molecule has 78 valence electrons. The third-order valence-electron chi connectivity index (χ3n) is 1.70. The Morgan fingerprint density at radius 3 is 2.80 bits per heavy atom. The second kappa shape index (κ2) is 5.37. The highest BCUT2D eigenvalue weighted by Gasteiger charge is 2.09. The van der Waals surface area contributed by atoms with Crippen molar-refractivity contribution in [1.29, 1.82) is 5.26 Å². The SMILES string of the molecule is COc1cc(C=O)c(Br)cc1OCC#N. The van der Waals surface area contributed by atoms with Crippen molar-refractivity contribution in [3.05, 3.63) is 22.2 Å². The quantitative estimate of drug-likeness (QED) is 0.787. The molecule has 0 fully saturated rings. The Morgan fingerprint density at radius 2 is 2.27 bits per heavy atom. The minimum Gasteiger partial charge on any atom is -0.493 e. The molecule has 1 aromatic rings. The van der Waals surface area contributed by atoms with E-state index in [-0.39, 0.29) is 6.61 Å². The Labute approximate surface area is 95.5 Å². The number of carbonyl (C=O) groups excluding carboxylic acids is 1. The van der Waals surface area contributed by atoms with Gasteiger partial charge in [-0.3, -0.25) is 4.79 Å². The van der Waals surface area contributed by atoms with E-state index in [1.54, 1.807) is 12.1 Å². The Kier molecular flexibility index (Phi) is 4.13. The fraction of sp³-hybridized carbons (Fsp3) is 0.200. The molecule has 0 saturated carbocycles. The van der Waals surface area contributed by atoms with E-state index >= 15 is 0 Å². The summed E-state index contributed by atoms with van der Waals surface area (Å²) in [5.41, 5.74) is 0.469. The standard InChI is InChI=1S/C10H8BrNO3/c1-14-9-4-7(6-13)8(11)5-10(9)15-3-2-12/h4-6H,3H2,1H3. The molecule has 0 radical (unpaired) electrons. The maximum atomic E-state index is 10.6. The summed E-state index contributed by atoms with van der Waals surface area (Å²) in [7, 11) is 1.47. The van der Waals surface area contributed by atoms with Gasteiger partial charge in [-0.1, -0.05) is 0 Å². The van der Waals surface area contributed by atoms with Gasteiger partial charge in [0.05, 0.1) is 7.11 Å². The summed E-state index contributed by atoms with van der Waals surface area (Å²) in [6.45, 7) is -0.0662. The highest BCUT2D eigenvalue weighted by molar-refractivity contribution is 9.10. The van der Waals surface area contributed by atoms with Crippen LogP contribution < -0.4 is 9.47 Å². The molecule has 0 aliphatic carbocycles. The van der Waals surface area contributed by atoms with Crippen LogP contribution >= 0.6 is 15.9 Å². The molecule has 0 saturated heterocycles. The second-order valence-corrected chi connectivity index (χ2v) is 3.44. The number of benzene rings is 1. The first-order valence-electron chi connectivity index (χ1n) is 4.05. The third kappa shape index (κ3) is 2.70. The number of halogens is 1. The molecule has 0 N–H and O–H groups in total. The monoisotopic (exact) mass is 269 g/mol. The van der Waals surface area contributed by atoms with Crippen molar-refractivity contribution in [2.24, 2.45) is 0 Å². The van der Waals surface area contributed by atoms with E-state index in [2.05, 4.69) is 15.9 Å². The van der Waals surface area contributed by atoms with Gasteiger partial charge in [-0.2, -0.15) is 5.26 Å². The summed E-state index contributed by atoms with van der Waals surface area (Å²) < 4.78 is 10.8. The molecule has 1 aromatic carbocycles. The molecule has 0 bridgehead atoms. The van der Waals surface area contributed by atoms with Crippen LogP contribution in [0.15, 0.2) is 16.6 Å². The minimum absolute atomic E-state index is 0.0662. The third-order valence-corrected chi connectivity index (χ3v) is 2.39. The number of ether oxygens (including phenoxy) is 2. The molecule has 0 aliphatic heterocycles. The minimum atomic E-state index is -0.0662. The molecule has 4 nitrogen and oxygen atoms in total.